The van der Waals surface area contributed by atoms with Crippen LogP contribution < -0.4 is 30.6 Å². The maximum atomic E-state index is 9.77. The molecule has 0 atom stereocenters. The van der Waals surface area contributed by atoms with Crippen LogP contribution in [0.4, 0.5) is 35.7 Å². The van der Waals surface area contributed by atoms with Gasteiger partial charge >= 0.3 is 0 Å². The van der Waals surface area contributed by atoms with E-state index in [2.05, 4.69) is 40.5 Å². The van der Waals surface area contributed by atoms with Gasteiger partial charge in [0.1, 0.15) is 0 Å². The Morgan fingerprint density at radius 3 is 1.16 bits per heavy atom. The number of anilines is 6. The first-order valence-corrected chi connectivity index (χ1v) is 10.7. The van der Waals surface area contributed by atoms with Gasteiger partial charge in [-0.3, -0.25) is 10.4 Å². The Hall–Kier alpha value is -3.26. The average Bonchev–Trinajstić information content (AvgIpc) is 2.78. The molecule has 0 amide bonds. The third kappa shape index (κ3) is 6.62. The Bertz CT molecular complexity index is 773. The highest BCUT2D eigenvalue weighted by atomic mass is 16.5. The van der Waals surface area contributed by atoms with Crippen LogP contribution >= 0.6 is 0 Å². The van der Waals surface area contributed by atoms with Gasteiger partial charge in [0.2, 0.25) is 23.8 Å². The van der Waals surface area contributed by atoms with Crippen LogP contribution in [0, 0.1) is 0 Å². The van der Waals surface area contributed by atoms with E-state index < -0.39 is 0 Å². The molecule has 0 aliphatic heterocycles. The van der Waals surface area contributed by atoms with Gasteiger partial charge in [0, 0.05) is 53.4 Å². The topological polar surface area (TPSA) is 155 Å². The third-order valence-electron chi connectivity index (χ3n) is 4.59. The van der Waals surface area contributed by atoms with E-state index in [1.165, 1.54) is 14.1 Å². The predicted octanol–water partition coefficient (Wildman–Crippen LogP) is 0.924. The minimum Gasteiger partial charge on any atom is -0.352 e. The zero-order valence-corrected chi connectivity index (χ0v) is 19.6. The lowest BCUT2D eigenvalue weighted by Gasteiger charge is -2.21. The molecule has 2 rings (SSSR count). The predicted molar refractivity (Wildman–Crippen MR) is 124 cm³/mol. The van der Waals surface area contributed by atoms with E-state index >= 15 is 0 Å². The summed E-state index contributed by atoms with van der Waals surface area (Å²) in [5.74, 6) is 1.94. The summed E-state index contributed by atoms with van der Waals surface area (Å²) in [6.07, 6.45) is 0. The van der Waals surface area contributed by atoms with Crippen LogP contribution in [0.1, 0.15) is 27.7 Å². The molecule has 0 saturated heterocycles. The molecule has 178 valence electrons. The number of nitrogens with one attached hydrogen (secondary N) is 2. The summed E-state index contributed by atoms with van der Waals surface area (Å²) in [5, 5.41) is 27.5. The van der Waals surface area contributed by atoms with Crippen LogP contribution in [-0.4, -0.2) is 93.7 Å². The average molecular weight is 451 g/mol. The van der Waals surface area contributed by atoms with E-state index in [1.807, 2.05) is 37.5 Å². The number of rotatable bonds is 13. The Kier molecular flexibility index (Phi) is 9.34. The molecule has 0 aliphatic carbocycles. The van der Waals surface area contributed by atoms with Crippen LogP contribution in [0.2, 0.25) is 0 Å². The fourth-order valence-corrected chi connectivity index (χ4v) is 2.80. The first kappa shape index (κ1) is 25.0. The number of hydrogen-bond acceptors (Lipinski definition) is 14. The molecule has 0 fully saturated rings. The highest BCUT2D eigenvalue weighted by Crippen LogP contribution is 2.16. The Morgan fingerprint density at radius 1 is 0.562 bits per heavy atom. The van der Waals surface area contributed by atoms with Crippen LogP contribution in [0.15, 0.2) is 0 Å². The van der Waals surface area contributed by atoms with Crippen molar-refractivity contribution in [2.75, 3.05) is 83.9 Å². The van der Waals surface area contributed by atoms with Crippen molar-refractivity contribution < 1.29 is 10.4 Å². The SMILES string of the molecule is CCN(CC)c1nc(NCCNc2nc(N(C)O)nc(N(CC)CC)n2)nc(N(C)O)n1. The van der Waals surface area contributed by atoms with E-state index in [0.717, 1.165) is 36.3 Å². The highest BCUT2D eigenvalue weighted by molar-refractivity contribution is 5.45. The van der Waals surface area contributed by atoms with E-state index in [9.17, 15) is 10.4 Å². The monoisotopic (exact) mass is 450 g/mol. The fraction of sp³-hybridized carbons (Fsp3) is 0.667. The summed E-state index contributed by atoms with van der Waals surface area (Å²) >= 11 is 0. The van der Waals surface area contributed by atoms with Crippen molar-refractivity contribution in [2.45, 2.75) is 27.7 Å². The molecule has 0 aromatic carbocycles. The lowest BCUT2D eigenvalue weighted by atomic mass is 10.5. The fourth-order valence-electron chi connectivity index (χ4n) is 2.80. The molecule has 2 aromatic rings. The number of nitrogens with zero attached hydrogens (tertiary/aromatic N) is 10. The van der Waals surface area contributed by atoms with Crippen LogP contribution in [0.5, 0.6) is 0 Å². The number of hydrogen-bond donors (Lipinski definition) is 4. The van der Waals surface area contributed by atoms with Gasteiger partial charge in [0.05, 0.1) is 0 Å². The molecule has 4 N–H and O–H groups in total. The first-order chi connectivity index (χ1) is 15.3. The summed E-state index contributed by atoms with van der Waals surface area (Å²) < 4.78 is 0. The van der Waals surface area contributed by atoms with Gasteiger partial charge in [-0.1, -0.05) is 0 Å². The molecule has 0 bridgehead atoms. The molecular formula is C18H34N12O2. The van der Waals surface area contributed by atoms with Crippen molar-refractivity contribution in [3.63, 3.8) is 0 Å². The minimum absolute atomic E-state index is 0.148. The van der Waals surface area contributed by atoms with E-state index in [-0.39, 0.29) is 11.9 Å². The lowest BCUT2D eigenvalue weighted by Crippen LogP contribution is -2.27. The van der Waals surface area contributed by atoms with Crippen molar-refractivity contribution in [1.29, 1.82) is 0 Å². The van der Waals surface area contributed by atoms with Crippen LogP contribution in [0.3, 0.4) is 0 Å². The van der Waals surface area contributed by atoms with Crippen molar-refractivity contribution in [1.82, 2.24) is 29.9 Å². The molecule has 14 heteroatoms. The smallest absolute Gasteiger partial charge is 0.255 e. The van der Waals surface area contributed by atoms with Gasteiger partial charge in [-0.2, -0.15) is 29.9 Å². The summed E-state index contributed by atoms with van der Waals surface area (Å²) in [5.41, 5.74) is 0. The third-order valence-corrected chi connectivity index (χ3v) is 4.59. The number of hydroxylamine groups is 2. The molecule has 0 radical (unpaired) electrons. The van der Waals surface area contributed by atoms with Crippen molar-refractivity contribution in [3.8, 4) is 0 Å². The van der Waals surface area contributed by atoms with Gasteiger partial charge in [0.15, 0.2) is 0 Å². The summed E-state index contributed by atoms with van der Waals surface area (Å²) in [6, 6.07) is 0. The Morgan fingerprint density at radius 2 is 0.875 bits per heavy atom. The molecule has 0 saturated carbocycles. The zero-order valence-electron chi connectivity index (χ0n) is 19.6. The molecule has 0 spiro atoms. The highest BCUT2D eigenvalue weighted by Gasteiger charge is 2.14. The van der Waals surface area contributed by atoms with Crippen LogP contribution in [0.25, 0.3) is 0 Å². The second kappa shape index (κ2) is 12.0. The van der Waals surface area contributed by atoms with Gasteiger partial charge in [-0.25, -0.2) is 10.1 Å². The Labute approximate surface area is 188 Å². The first-order valence-electron chi connectivity index (χ1n) is 10.7. The number of aromatic nitrogens is 6. The quantitative estimate of drug-likeness (QED) is 0.252. The summed E-state index contributed by atoms with van der Waals surface area (Å²) in [4.78, 5) is 29.8. The molecule has 32 heavy (non-hydrogen) atoms. The van der Waals surface area contributed by atoms with Crippen molar-refractivity contribution >= 4 is 35.7 Å². The second-order valence-corrected chi connectivity index (χ2v) is 6.76. The zero-order chi connectivity index (χ0) is 23.7. The van der Waals surface area contributed by atoms with Crippen molar-refractivity contribution in [3.05, 3.63) is 0 Å². The van der Waals surface area contributed by atoms with Gasteiger partial charge in [-0.05, 0) is 27.7 Å². The molecule has 2 heterocycles. The van der Waals surface area contributed by atoms with Gasteiger partial charge in [0.25, 0.3) is 11.9 Å². The van der Waals surface area contributed by atoms with Gasteiger partial charge in [-0.15, -0.1) is 0 Å². The molecule has 2 aromatic heterocycles. The second-order valence-electron chi connectivity index (χ2n) is 6.76. The van der Waals surface area contributed by atoms with E-state index in [4.69, 9.17) is 0 Å². The maximum Gasteiger partial charge on any atom is 0.255 e. The maximum absolute atomic E-state index is 9.77. The van der Waals surface area contributed by atoms with Gasteiger partial charge < -0.3 is 20.4 Å². The Balaban J connectivity index is 2.09. The molecule has 0 unspecified atom stereocenters. The van der Waals surface area contributed by atoms with E-state index in [0.29, 0.717) is 36.9 Å². The standard InChI is InChI=1S/C18H34N12O2/c1-7-29(8-2)17-23-13(21-15(25-17)27(5)31)19-11-12-20-14-22-16(28(6)32)26-18(24-14)30(9-3)10-4/h31-32H,7-12H2,1-6H3,(H,19,21,23,25)(H,20,22,24,26). The van der Waals surface area contributed by atoms with Crippen molar-refractivity contribution in [2.24, 2.45) is 0 Å². The molecular weight excluding hydrogens is 416 g/mol. The summed E-state index contributed by atoms with van der Waals surface area (Å²) in [6.45, 7) is 11.8. The lowest BCUT2D eigenvalue weighted by molar-refractivity contribution is 0.272. The van der Waals surface area contributed by atoms with Crippen LogP contribution in [-0.2, 0) is 0 Å². The molecule has 14 nitrogen and oxygen atoms in total. The molecule has 0 aliphatic rings. The van der Waals surface area contributed by atoms with E-state index in [1.54, 1.807) is 0 Å². The summed E-state index contributed by atoms with van der Waals surface area (Å²) in [7, 11) is 2.91. The minimum atomic E-state index is 0.148. The normalized spacial score (nSPS) is 10.6. The largest absolute Gasteiger partial charge is 0.352 e.